The van der Waals surface area contributed by atoms with Crippen LogP contribution in [0.1, 0.15) is 43.2 Å². The molecule has 6 heteroatoms. The van der Waals surface area contributed by atoms with E-state index in [1.807, 2.05) is 31.4 Å². The number of benzene rings is 1. The highest BCUT2D eigenvalue weighted by molar-refractivity contribution is 7.91. The van der Waals surface area contributed by atoms with Crippen molar-refractivity contribution in [2.45, 2.75) is 56.4 Å². The fourth-order valence-electron chi connectivity index (χ4n) is 4.97. The number of hydrogen-bond donors (Lipinski definition) is 0. The largest absolute Gasteiger partial charge is 0.340 e. The number of aryl methyl sites for hydroxylation is 2. The normalized spacial score (nSPS) is 16.7. The molecule has 1 fully saturated rings. The van der Waals surface area contributed by atoms with Crippen molar-refractivity contribution in [3.8, 4) is 11.3 Å². The van der Waals surface area contributed by atoms with Crippen LogP contribution in [-0.4, -0.2) is 23.8 Å². The second-order valence-corrected chi connectivity index (χ2v) is 11.0. The molecule has 0 bridgehead atoms. The third-order valence-electron chi connectivity index (χ3n) is 6.73. The Hall–Kier alpha value is -2.34. The fourth-order valence-corrected chi connectivity index (χ4v) is 5.85. The summed E-state index contributed by atoms with van der Waals surface area (Å²) < 4.78 is 28.9. The molecule has 2 heterocycles. The summed E-state index contributed by atoms with van der Waals surface area (Å²) in [7, 11) is -1.52. The van der Waals surface area contributed by atoms with Gasteiger partial charge in [-0.25, -0.2) is 8.42 Å². The molecule has 2 aliphatic rings. The van der Waals surface area contributed by atoms with Crippen molar-refractivity contribution in [3.63, 3.8) is 0 Å². The van der Waals surface area contributed by atoms with E-state index in [4.69, 9.17) is 0 Å². The second kappa shape index (κ2) is 7.12. The van der Waals surface area contributed by atoms with Gasteiger partial charge in [0.05, 0.1) is 10.6 Å². The van der Waals surface area contributed by atoms with Crippen molar-refractivity contribution in [1.29, 1.82) is 0 Å². The Labute approximate surface area is 177 Å². The number of hydrogen-bond acceptors (Lipinski definition) is 3. The van der Waals surface area contributed by atoms with Crippen LogP contribution in [0.5, 0.6) is 0 Å². The number of rotatable bonds is 5. The molecule has 158 valence electrons. The van der Waals surface area contributed by atoms with E-state index >= 15 is 0 Å². The highest BCUT2D eigenvalue weighted by atomic mass is 32.2. The van der Waals surface area contributed by atoms with Crippen LogP contribution in [0.3, 0.4) is 0 Å². The Morgan fingerprint density at radius 2 is 1.83 bits per heavy atom. The van der Waals surface area contributed by atoms with Gasteiger partial charge in [-0.05, 0) is 61.8 Å². The van der Waals surface area contributed by atoms with Crippen LogP contribution in [0.4, 0.5) is 0 Å². The maximum absolute atomic E-state index is 12.7. The lowest BCUT2D eigenvalue weighted by Gasteiger charge is -2.21. The molecule has 2 aliphatic carbocycles. The van der Waals surface area contributed by atoms with Crippen LogP contribution >= 0.6 is 0 Å². The number of fused-ring (bicyclic) bond motifs is 2. The summed E-state index contributed by atoms with van der Waals surface area (Å²) in [6.07, 6.45) is 10.8. The van der Waals surface area contributed by atoms with Crippen molar-refractivity contribution >= 4 is 20.7 Å². The van der Waals surface area contributed by atoms with E-state index in [9.17, 15) is 13.2 Å². The van der Waals surface area contributed by atoms with Gasteiger partial charge in [-0.15, -0.1) is 0 Å². The van der Waals surface area contributed by atoms with E-state index in [0.29, 0.717) is 4.90 Å². The van der Waals surface area contributed by atoms with Crippen LogP contribution < -0.4 is 5.56 Å². The molecule has 0 radical (unpaired) electrons. The maximum Gasteiger partial charge on any atom is 0.253 e. The number of nitrogens with zero attached hydrogens (tertiary/aromatic N) is 2. The third-order valence-corrected chi connectivity index (χ3v) is 7.89. The standard InChI is InChI=1S/C24H28N2O3S/c1-25-15-20(17-6-3-4-7-18(17)24(25)27)22-14-19-21(26(22)13-12-16-10-11-16)8-5-9-23(19)30(2,28)29/h5,8-9,14-16H,3-4,6-7,10-13H2,1-2H3. The first-order valence-corrected chi connectivity index (χ1v) is 12.8. The summed E-state index contributed by atoms with van der Waals surface area (Å²) in [6, 6.07) is 7.59. The first-order valence-electron chi connectivity index (χ1n) is 10.9. The van der Waals surface area contributed by atoms with Crippen LogP contribution in [0, 0.1) is 5.92 Å². The van der Waals surface area contributed by atoms with Crippen molar-refractivity contribution in [2.24, 2.45) is 13.0 Å². The van der Waals surface area contributed by atoms with Gasteiger partial charge in [0.2, 0.25) is 0 Å². The summed E-state index contributed by atoms with van der Waals surface area (Å²) in [5, 5.41) is 0.782. The minimum atomic E-state index is -3.33. The van der Waals surface area contributed by atoms with E-state index < -0.39 is 9.84 Å². The van der Waals surface area contributed by atoms with E-state index in [2.05, 4.69) is 4.57 Å². The van der Waals surface area contributed by atoms with Gasteiger partial charge in [0.1, 0.15) is 0 Å². The highest BCUT2D eigenvalue weighted by Gasteiger charge is 2.25. The predicted molar refractivity (Wildman–Crippen MR) is 120 cm³/mol. The van der Waals surface area contributed by atoms with E-state index in [1.165, 1.54) is 19.1 Å². The first-order chi connectivity index (χ1) is 14.3. The highest BCUT2D eigenvalue weighted by Crippen LogP contribution is 2.38. The zero-order chi connectivity index (χ0) is 21.0. The van der Waals surface area contributed by atoms with Gasteiger partial charge in [-0.3, -0.25) is 4.79 Å². The molecule has 0 amide bonds. The van der Waals surface area contributed by atoms with Gasteiger partial charge < -0.3 is 9.13 Å². The fraction of sp³-hybridized carbons (Fsp3) is 0.458. The molecule has 5 rings (SSSR count). The molecule has 5 nitrogen and oxygen atoms in total. The molecule has 3 aromatic rings. The van der Waals surface area contributed by atoms with Gasteiger partial charge in [0.15, 0.2) is 9.84 Å². The van der Waals surface area contributed by atoms with Crippen molar-refractivity contribution in [3.05, 3.63) is 51.9 Å². The minimum absolute atomic E-state index is 0.103. The van der Waals surface area contributed by atoms with Gasteiger partial charge >= 0.3 is 0 Å². The lowest BCUT2D eigenvalue weighted by atomic mass is 9.88. The monoisotopic (exact) mass is 424 g/mol. The van der Waals surface area contributed by atoms with Crippen LogP contribution in [0.2, 0.25) is 0 Å². The Kier molecular flexibility index (Phi) is 4.65. The van der Waals surface area contributed by atoms with E-state index in [0.717, 1.165) is 77.9 Å². The molecular weight excluding hydrogens is 396 g/mol. The molecule has 1 saturated carbocycles. The molecule has 30 heavy (non-hydrogen) atoms. The summed E-state index contributed by atoms with van der Waals surface area (Å²) in [5.41, 5.74) is 5.27. The van der Waals surface area contributed by atoms with Gasteiger partial charge in [0, 0.05) is 48.1 Å². The van der Waals surface area contributed by atoms with E-state index in [-0.39, 0.29) is 5.56 Å². The van der Waals surface area contributed by atoms with Crippen molar-refractivity contribution in [1.82, 2.24) is 9.13 Å². The van der Waals surface area contributed by atoms with Crippen molar-refractivity contribution < 1.29 is 8.42 Å². The maximum atomic E-state index is 12.7. The average Bonchev–Trinajstić information content (AvgIpc) is 3.47. The zero-order valence-corrected chi connectivity index (χ0v) is 18.5. The Bertz CT molecular complexity index is 1310. The number of pyridine rings is 1. The molecule has 0 saturated heterocycles. The van der Waals surface area contributed by atoms with Crippen LogP contribution in [0.15, 0.2) is 40.2 Å². The van der Waals surface area contributed by atoms with Gasteiger partial charge in [-0.1, -0.05) is 18.9 Å². The van der Waals surface area contributed by atoms with E-state index in [1.54, 1.807) is 10.6 Å². The molecule has 2 aromatic heterocycles. The third kappa shape index (κ3) is 3.31. The topological polar surface area (TPSA) is 61.1 Å². The lowest BCUT2D eigenvalue weighted by Crippen LogP contribution is -2.26. The molecule has 1 aromatic carbocycles. The summed E-state index contributed by atoms with van der Waals surface area (Å²) in [4.78, 5) is 13.1. The van der Waals surface area contributed by atoms with Gasteiger partial charge in [-0.2, -0.15) is 0 Å². The zero-order valence-electron chi connectivity index (χ0n) is 17.6. The molecular formula is C24H28N2O3S. The van der Waals surface area contributed by atoms with Crippen LogP contribution in [-0.2, 0) is 36.3 Å². The molecule has 0 spiro atoms. The molecule has 0 atom stereocenters. The number of sulfone groups is 1. The number of aromatic nitrogens is 2. The SMILES string of the molecule is Cn1cc(-c2cc3c(S(C)(=O)=O)cccc3n2CCC2CC2)c2c(c1=O)CCCC2. The first kappa shape index (κ1) is 19.6. The predicted octanol–water partition coefficient (Wildman–Crippen LogP) is 4.09. The smallest absolute Gasteiger partial charge is 0.253 e. The second-order valence-electron chi connectivity index (χ2n) is 9.00. The molecule has 0 unspecified atom stereocenters. The lowest BCUT2D eigenvalue weighted by molar-refractivity contribution is 0.602. The minimum Gasteiger partial charge on any atom is -0.340 e. The van der Waals surface area contributed by atoms with Crippen molar-refractivity contribution in [2.75, 3.05) is 6.26 Å². The Morgan fingerprint density at radius 3 is 2.53 bits per heavy atom. The Balaban J connectivity index is 1.79. The summed E-state index contributed by atoms with van der Waals surface area (Å²) >= 11 is 0. The molecule has 0 N–H and O–H groups in total. The molecule has 0 aliphatic heterocycles. The average molecular weight is 425 g/mol. The summed E-state index contributed by atoms with van der Waals surface area (Å²) in [5.74, 6) is 0.780. The quantitative estimate of drug-likeness (QED) is 0.620. The van der Waals surface area contributed by atoms with Crippen LogP contribution in [0.25, 0.3) is 22.2 Å². The van der Waals surface area contributed by atoms with Gasteiger partial charge in [0.25, 0.3) is 5.56 Å². The Morgan fingerprint density at radius 1 is 1.10 bits per heavy atom. The summed E-state index contributed by atoms with van der Waals surface area (Å²) in [6.45, 7) is 0.869.